The summed E-state index contributed by atoms with van der Waals surface area (Å²) < 4.78 is 5.64. The smallest absolute Gasteiger partial charge is 0.150 e. The van der Waals surface area contributed by atoms with Crippen molar-refractivity contribution < 1.29 is 4.74 Å². The summed E-state index contributed by atoms with van der Waals surface area (Å²) in [6.07, 6.45) is 0. The van der Waals surface area contributed by atoms with Crippen molar-refractivity contribution in [3.05, 3.63) is 48.5 Å². The highest BCUT2D eigenvalue weighted by Crippen LogP contribution is 2.32. The average molecular weight is 265 g/mol. The van der Waals surface area contributed by atoms with Crippen molar-refractivity contribution in [1.82, 2.24) is 9.97 Å². The van der Waals surface area contributed by atoms with E-state index in [2.05, 4.69) is 9.97 Å². The molecule has 0 fully saturated rings. The molecule has 2 N–H and O–H groups in total. The molecule has 1 aromatic heterocycles. The minimum atomic E-state index is 0.413. The van der Waals surface area contributed by atoms with Gasteiger partial charge in [-0.1, -0.05) is 24.3 Å². The molecule has 0 bridgehead atoms. The fourth-order valence-corrected chi connectivity index (χ4v) is 2.16. The Labute approximate surface area is 117 Å². The van der Waals surface area contributed by atoms with Crippen molar-refractivity contribution >= 4 is 16.9 Å². The second kappa shape index (κ2) is 5.17. The first-order chi connectivity index (χ1) is 9.79. The maximum Gasteiger partial charge on any atom is 0.150 e. The van der Waals surface area contributed by atoms with Gasteiger partial charge in [-0.05, 0) is 31.2 Å². The van der Waals surface area contributed by atoms with E-state index in [0.29, 0.717) is 18.1 Å². The topological polar surface area (TPSA) is 61.0 Å². The monoisotopic (exact) mass is 265 g/mol. The molecule has 3 aromatic rings. The molecule has 0 unspecified atom stereocenters. The molecule has 0 aliphatic rings. The zero-order chi connectivity index (χ0) is 13.9. The van der Waals surface area contributed by atoms with E-state index in [1.54, 1.807) is 0 Å². The quantitative estimate of drug-likeness (QED) is 0.789. The van der Waals surface area contributed by atoms with Gasteiger partial charge in [0.05, 0.1) is 17.6 Å². The Hall–Kier alpha value is -2.62. The van der Waals surface area contributed by atoms with E-state index in [1.165, 1.54) is 0 Å². The molecule has 2 aromatic carbocycles. The minimum Gasteiger partial charge on any atom is -0.493 e. The third-order valence-electron chi connectivity index (χ3n) is 3.04. The normalized spacial score (nSPS) is 10.7. The van der Waals surface area contributed by atoms with Gasteiger partial charge in [0, 0.05) is 5.56 Å². The van der Waals surface area contributed by atoms with Gasteiger partial charge >= 0.3 is 0 Å². The molecule has 4 heteroatoms. The molecular weight excluding hydrogens is 250 g/mol. The van der Waals surface area contributed by atoms with Crippen LogP contribution in [0.15, 0.2) is 48.5 Å². The number of nitrogens with two attached hydrogens (primary N) is 1. The number of anilines is 1. The standard InChI is InChI=1S/C16H15N3O/c1-2-20-14-10-6-3-7-11(14)15-16(17)19-13-9-5-4-8-12(13)18-15/h3-10H,2H2,1H3,(H2,17,19). The van der Waals surface area contributed by atoms with E-state index in [9.17, 15) is 0 Å². The Morgan fingerprint density at radius 3 is 2.35 bits per heavy atom. The van der Waals surface area contributed by atoms with E-state index in [-0.39, 0.29) is 0 Å². The zero-order valence-corrected chi connectivity index (χ0v) is 11.2. The van der Waals surface area contributed by atoms with Gasteiger partial charge in [0.1, 0.15) is 11.4 Å². The largest absolute Gasteiger partial charge is 0.493 e. The number of nitrogens with zero attached hydrogens (tertiary/aromatic N) is 2. The molecule has 20 heavy (non-hydrogen) atoms. The summed E-state index contributed by atoms with van der Waals surface area (Å²) in [4.78, 5) is 9.03. The van der Waals surface area contributed by atoms with Gasteiger partial charge < -0.3 is 10.5 Å². The third-order valence-corrected chi connectivity index (χ3v) is 3.04. The van der Waals surface area contributed by atoms with Crippen LogP contribution in [0.1, 0.15) is 6.92 Å². The van der Waals surface area contributed by atoms with Crippen LogP contribution >= 0.6 is 0 Å². The molecule has 1 heterocycles. The molecule has 4 nitrogen and oxygen atoms in total. The average Bonchev–Trinajstić information content (AvgIpc) is 2.48. The Bertz CT molecular complexity index is 756. The lowest BCUT2D eigenvalue weighted by Crippen LogP contribution is -2.01. The number of aromatic nitrogens is 2. The fraction of sp³-hybridized carbons (Fsp3) is 0.125. The van der Waals surface area contributed by atoms with Crippen molar-refractivity contribution in [2.75, 3.05) is 12.3 Å². The lowest BCUT2D eigenvalue weighted by Gasteiger charge is -2.11. The molecule has 0 spiro atoms. The maximum absolute atomic E-state index is 6.05. The number of nitrogen functional groups attached to an aromatic ring is 1. The number of fused-ring (bicyclic) bond motifs is 1. The molecule has 0 amide bonds. The number of hydrogen-bond donors (Lipinski definition) is 1. The van der Waals surface area contributed by atoms with Crippen LogP contribution in [0.4, 0.5) is 5.82 Å². The van der Waals surface area contributed by atoms with Crippen molar-refractivity contribution in [2.24, 2.45) is 0 Å². The van der Waals surface area contributed by atoms with Crippen molar-refractivity contribution in [1.29, 1.82) is 0 Å². The third kappa shape index (κ3) is 2.16. The van der Waals surface area contributed by atoms with Crippen molar-refractivity contribution in [3.63, 3.8) is 0 Å². The fourth-order valence-electron chi connectivity index (χ4n) is 2.16. The highest BCUT2D eigenvalue weighted by molar-refractivity contribution is 5.84. The van der Waals surface area contributed by atoms with E-state index >= 15 is 0 Å². The number of para-hydroxylation sites is 3. The first-order valence-corrected chi connectivity index (χ1v) is 6.54. The number of ether oxygens (including phenoxy) is 1. The molecule has 0 atom stereocenters. The van der Waals surface area contributed by atoms with Gasteiger partial charge in [-0.25, -0.2) is 9.97 Å². The molecule has 0 saturated carbocycles. The summed E-state index contributed by atoms with van der Waals surface area (Å²) >= 11 is 0. The molecular formula is C16H15N3O. The second-order valence-electron chi connectivity index (χ2n) is 4.38. The molecule has 0 radical (unpaired) electrons. The minimum absolute atomic E-state index is 0.413. The van der Waals surface area contributed by atoms with Gasteiger partial charge in [0.25, 0.3) is 0 Å². The van der Waals surface area contributed by atoms with Gasteiger partial charge in [-0.3, -0.25) is 0 Å². The lowest BCUT2D eigenvalue weighted by molar-refractivity contribution is 0.341. The Morgan fingerprint density at radius 2 is 1.60 bits per heavy atom. The maximum atomic E-state index is 6.05. The van der Waals surface area contributed by atoms with Gasteiger partial charge in [-0.2, -0.15) is 0 Å². The van der Waals surface area contributed by atoms with Crippen LogP contribution < -0.4 is 10.5 Å². The van der Waals surface area contributed by atoms with Crippen LogP contribution in [0.5, 0.6) is 5.75 Å². The van der Waals surface area contributed by atoms with Crippen LogP contribution in [0.25, 0.3) is 22.3 Å². The van der Waals surface area contributed by atoms with E-state index < -0.39 is 0 Å². The molecule has 0 aliphatic heterocycles. The predicted molar refractivity (Wildman–Crippen MR) is 80.6 cm³/mol. The number of rotatable bonds is 3. The summed E-state index contributed by atoms with van der Waals surface area (Å²) in [5.41, 5.74) is 9.20. The molecule has 0 saturated heterocycles. The SMILES string of the molecule is CCOc1ccccc1-c1nc2ccccc2nc1N. The first kappa shape index (κ1) is 12.4. The van der Waals surface area contributed by atoms with Crippen LogP contribution in [0.3, 0.4) is 0 Å². The van der Waals surface area contributed by atoms with Gasteiger partial charge in [0.15, 0.2) is 5.82 Å². The van der Waals surface area contributed by atoms with E-state index in [0.717, 1.165) is 22.3 Å². The number of benzene rings is 2. The summed E-state index contributed by atoms with van der Waals surface area (Å²) in [6, 6.07) is 15.4. The van der Waals surface area contributed by atoms with Crippen LogP contribution in [-0.2, 0) is 0 Å². The Morgan fingerprint density at radius 1 is 0.950 bits per heavy atom. The number of hydrogen-bond acceptors (Lipinski definition) is 4. The van der Waals surface area contributed by atoms with Crippen LogP contribution in [0.2, 0.25) is 0 Å². The Balaban J connectivity index is 2.21. The summed E-state index contributed by atoms with van der Waals surface area (Å²) in [6.45, 7) is 2.55. The molecule has 100 valence electrons. The van der Waals surface area contributed by atoms with E-state index in [4.69, 9.17) is 10.5 Å². The summed E-state index contributed by atoms with van der Waals surface area (Å²) in [5.74, 6) is 1.18. The first-order valence-electron chi connectivity index (χ1n) is 6.54. The van der Waals surface area contributed by atoms with Crippen LogP contribution in [0, 0.1) is 0 Å². The predicted octanol–water partition coefficient (Wildman–Crippen LogP) is 3.28. The van der Waals surface area contributed by atoms with E-state index in [1.807, 2.05) is 55.5 Å². The van der Waals surface area contributed by atoms with Gasteiger partial charge in [-0.15, -0.1) is 0 Å². The summed E-state index contributed by atoms with van der Waals surface area (Å²) in [5, 5.41) is 0. The molecule has 3 rings (SSSR count). The molecule has 0 aliphatic carbocycles. The van der Waals surface area contributed by atoms with Gasteiger partial charge in [0.2, 0.25) is 0 Å². The van der Waals surface area contributed by atoms with Crippen LogP contribution in [-0.4, -0.2) is 16.6 Å². The highest BCUT2D eigenvalue weighted by atomic mass is 16.5. The summed E-state index contributed by atoms with van der Waals surface area (Å²) in [7, 11) is 0. The second-order valence-corrected chi connectivity index (χ2v) is 4.38. The Kier molecular flexibility index (Phi) is 3.21. The lowest BCUT2D eigenvalue weighted by atomic mass is 10.1. The highest BCUT2D eigenvalue weighted by Gasteiger charge is 2.12. The van der Waals surface area contributed by atoms with Crippen molar-refractivity contribution in [3.8, 4) is 17.0 Å². The van der Waals surface area contributed by atoms with Crippen molar-refractivity contribution in [2.45, 2.75) is 6.92 Å². The zero-order valence-electron chi connectivity index (χ0n) is 11.2.